The van der Waals surface area contributed by atoms with Gasteiger partial charge in [0.1, 0.15) is 12.4 Å². The van der Waals surface area contributed by atoms with Crippen LogP contribution in [0.1, 0.15) is 26.3 Å². The monoisotopic (exact) mass is 235 g/mol. The van der Waals surface area contributed by atoms with Crippen LogP contribution in [-0.2, 0) is 10.2 Å². The van der Waals surface area contributed by atoms with E-state index in [0.717, 1.165) is 17.0 Å². The minimum Gasteiger partial charge on any atom is -0.489 e. The van der Waals surface area contributed by atoms with E-state index in [1.54, 1.807) is 0 Å². The Morgan fingerprint density at radius 1 is 1.47 bits per heavy atom. The minimum atomic E-state index is -0.892. The SMILES string of the molecule is CC(C)(C)c1ccc2c(c1)NC(C(=O)O)CO2. The third kappa shape index (κ3) is 2.35. The van der Waals surface area contributed by atoms with Gasteiger partial charge < -0.3 is 15.2 Å². The van der Waals surface area contributed by atoms with Crippen LogP contribution >= 0.6 is 0 Å². The summed E-state index contributed by atoms with van der Waals surface area (Å²) in [6.07, 6.45) is 0. The maximum absolute atomic E-state index is 10.9. The number of hydrogen-bond donors (Lipinski definition) is 2. The Kier molecular flexibility index (Phi) is 2.73. The number of nitrogens with one attached hydrogen (secondary N) is 1. The molecule has 0 aromatic heterocycles. The maximum atomic E-state index is 10.9. The second kappa shape index (κ2) is 3.95. The number of benzene rings is 1. The van der Waals surface area contributed by atoms with Crippen LogP contribution in [0.25, 0.3) is 0 Å². The first-order chi connectivity index (χ1) is 7.88. The van der Waals surface area contributed by atoms with Gasteiger partial charge in [-0.15, -0.1) is 0 Å². The summed E-state index contributed by atoms with van der Waals surface area (Å²) in [4.78, 5) is 10.9. The standard InChI is InChI=1S/C13H17NO3/c1-13(2,3)8-4-5-11-9(6-8)14-10(7-17-11)12(15)16/h4-6,10,14H,7H2,1-3H3,(H,15,16). The third-order valence-corrected chi connectivity index (χ3v) is 2.88. The number of ether oxygens (including phenoxy) is 1. The number of carboxylic acid groups (broad SMARTS) is 1. The van der Waals surface area contributed by atoms with Gasteiger partial charge in [-0.25, -0.2) is 4.79 Å². The molecular formula is C13H17NO3. The molecule has 2 rings (SSSR count). The fourth-order valence-corrected chi connectivity index (χ4v) is 1.77. The highest BCUT2D eigenvalue weighted by atomic mass is 16.5. The molecule has 0 saturated carbocycles. The number of hydrogen-bond acceptors (Lipinski definition) is 3. The lowest BCUT2D eigenvalue weighted by atomic mass is 9.86. The quantitative estimate of drug-likeness (QED) is 0.783. The van der Waals surface area contributed by atoms with Crippen molar-refractivity contribution in [2.75, 3.05) is 11.9 Å². The van der Waals surface area contributed by atoms with Crippen LogP contribution in [0.15, 0.2) is 18.2 Å². The van der Waals surface area contributed by atoms with Gasteiger partial charge in [0.15, 0.2) is 6.04 Å². The average molecular weight is 235 g/mol. The molecule has 1 aliphatic heterocycles. The van der Waals surface area contributed by atoms with Crippen LogP contribution in [0.4, 0.5) is 5.69 Å². The van der Waals surface area contributed by atoms with E-state index in [1.165, 1.54) is 0 Å². The lowest BCUT2D eigenvalue weighted by molar-refractivity contribution is -0.138. The van der Waals surface area contributed by atoms with Crippen LogP contribution in [0.5, 0.6) is 5.75 Å². The number of fused-ring (bicyclic) bond motifs is 1. The summed E-state index contributed by atoms with van der Waals surface area (Å²) in [5.74, 6) is -0.174. The number of aliphatic carboxylic acids is 1. The van der Waals surface area contributed by atoms with Crippen LogP contribution in [0.3, 0.4) is 0 Å². The average Bonchev–Trinajstić information content (AvgIpc) is 2.26. The maximum Gasteiger partial charge on any atom is 0.329 e. The van der Waals surface area contributed by atoms with Gasteiger partial charge in [0.2, 0.25) is 0 Å². The fraction of sp³-hybridized carbons (Fsp3) is 0.462. The summed E-state index contributed by atoms with van der Waals surface area (Å²) in [5, 5.41) is 11.9. The first-order valence-corrected chi connectivity index (χ1v) is 5.64. The molecule has 0 fully saturated rings. The highest BCUT2D eigenvalue weighted by Gasteiger charge is 2.25. The largest absolute Gasteiger partial charge is 0.489 e. The van der Waals surface area contributed by atoms with Gasteiger partial charge in [-0.2, -0.15) is 0 Å². The van der Waals surface area contributed by atoms with Crippen molar-refractivity contribution in [2.24, 2.45) is 0 Å². The Labute approximate surface area is 101 Å². The number of carboxylic acids is 1. The molecule has 4 heteroatoms. The molecule has 0 aliphatic carbocycles. The summed E-state index contributed by atoms with van der Waals surface area (Å²) < 4.78 is 5.42. The summed E-state index contributed by atoms with van der Waals surface area (Å²) >= 11 is 0. The highest BCUT2D eigenvalue weighted by molar-refractivity contribution is 5.79. The molecule has 0 saturated heterocycles. The zero-order chi connectivity index (χ0) is 12.6. The van der Waals surface area contributed by atoms with Gasteiger partial charge >= 0.3 is 5.97 Å². The van der Waals surface area contributed by atoms with E-state index in [1.807, 2.05) is 18.2 Å². The van der Waals surface area contributed by atoms with Crippen molar-refractivity contribution in [3.8, 4) is 5.75 Å². The highest BCUT2D eigenvalue weighted by Crippen LogP contribution is 2.33. The molecule has 1 aromatic rings. The Morgan fingerprint density at radius 2 is 2.18 bits per heavy atom. The summed E-state index contributed by atoms with van der Waals surface area (Å²) in [5.41, 5.74) is 1.95. The van der Waals surface area contributed by atoms with Crippen LogP contribution in [-0.4, -0.2) is 23.7 Å². The van der Waals surface area contributed by atoms with Crippen molar-refractivity contribution < 1.29 is 14.6 Å². The van der Waals surface area contributed by atoms with Gasteiger partial charge in [0.25, 0.3) is 0 Å². The Morgan fingerprint density at radius 3 is 2.76 bits per heavy atom. The molecule has 1 aliphatic rings. The topological polar surface area (TPSA) is 58.6 Å². The molecule has 1 heterocycles. The number of rotatable bonds is 1. The Balaban J connectivity index is 2.32. The normalized spacial score (nSPS) is 18.9. The first kappa shape index (κ1) is 11.8. The van der Waals surface area contributed by atoms with Crippen molar-refractivity contribution in [2.45, 2.75) is 32.2 Å². The summed E-state index contributed by atoms with van der Waals surface area (Å²) in [7, 11) is 0. The number of anilines is 1. The molecule has 1 atom stereocenters. The molecule has 0 radical (unpaired) electrons. The van der Waals surface area contributed by atoms with Crippen molar-refractivity contribution >= 4 is 11.7 Å². The minimum absolute atomic E-state index is 0.0346. The summed E-state index contributed by atoms with van der Waals surface area (Å²) in [6.45, 7) is 6.52. The van der Waals surface area contributed by atoms with Crippen molar-refractivity contribution in [1.82, 2.24) is 0 Å². The first-order valence-electron chi connectivity index (χ1n) is 5.64. The second-order valence-electron chi connectivity index (χ2n) is 5.31. The van der Waals surface area contributed by atoms with E-state index < -0.39 is 12.0 Å². The smallest absolute Gasteiger partial charge is 0.329 e. The number of carbonyl (C=O) groups is 1. The molecule has 0 amide bonds. The molecular weight excluding hydrogens is 218 g/mol. The fourth-order valence-electron chi connectivity index (χ4n) is 1.77. The predicted molar refractivity (Wildman–Crippen MR) is 65.7 cm³/mol. The van der Waals surface area contributed by atoms with Crippen molar-refractivity contribution in [3.05, 3.63) is 23.8 Å². The third-order valence-electron chi connectivity index (χ3n) is 2.88. The predicted octanol–water partition coefficient (Wildman–Crippen LogP) is 2.24. The van der Waals surface area contributed by atoms with E-state index in [9.17, 15) is 4.79 Å². The Hall–Kier alpha value is -1.71. The van der Waals surface area contributed by atoms with Crippen LogP contribution in [0, 0.1) is 0 Å². The van der Waals surface area contributed by atoms with Gasteiger partial charge in [-0.1, -0.05) is 26.8 Å². The second-order valence-corrected chi connectivity index (χ2v) is 5.31. The summed E-state index contributed by atoms with van der Waals surface area (Å²) in [6, 6.07) is 5.20. The van der Waals surface area contributed by atoms with Gasteiger partial charge in [0, 0.05) is 0 Å². The van der Waals surface area contributed by atoms with E-state index in [2.05, 4.69) is 26.1 Å². The van der Waals surface area contributed by atoms with Gasteiger partial charge in [0.05, 0.1) is 5.69 Å². The van der Waals surface area contributed by atoms with Gasteiger partial charge in [-0.05, 0) is 23.1 Å². The Bertz CT molecular complexity index is 448. The molecule has 17 heavy (non-hydrogen) atoms. The molecule has 1 unspecified atom stereocenters. The van der Waals surface area contributed by atoms with Crippen molar-refractivity contribution in [3.63, 3.8) is 0 Å². The van der Waals surface area contributed by atoms with Crippen molar-refractivity contribution in [1.29, 1.82) is 0 Å². The molecule has 0 spiro atoms. The lowest BCUT2D eigenvalue weighted by Gasteiger charge is -2.27. The zero-order valence-electron chi connectivity index (χ0n) is 10.3. The molecule has 2 N–H and O–H groups in total. The molecule has 1 aromatic carbocycles. The van der Waals surface area contributed by atoms with Crippen LogP contribution < -0.4 is 10.1 Å². The van der Waals surface area contributed by atoms with Gasteiger partial charge in [-0.3, -0.25) is 0 Å². The molecule has 4 nitrogen and oxygen atoms in total. The lowest BCUT2D eigenvalue weighted by Crippen LogP contribution is -2.38. The van der Waals surface area contributed by atoms with E-state index in [0.29, 0.717) is 0 Å². The van der Waals surface area contributed by atoms with E-state index in [4.69, 9.17) is 9.84 Å². The van der Waals surface area contributed by atoms with E-state index >= 15 is 0 Å². The van der Waals surface area contributed by atoms with Crippen LogP contribution in [0.2, 0.25) is 0 Å². The molecule has 92 valence electrons. The zero-order valence-corrected chi connectivity index (χ0v) is 10.3. The molecule has 0 bridgehead atoms. The van der Waals surface area contributed by atoms with E-state index in [-0.39, 0.29) is 12.0 Å².